The molecule has 4 amide bonds. The minimum Gasteiger partial charge on any atom is -0.378 e. The maximum atomic E-state index is 12.7. The van der Waals surface area contributed by atoms with Crippen LogP contribution in [0.15, 0.2) is 54.6 Å². The molecule has 0 aliphatic carbocycles. The van der Waals surface area contributed by atoms with Crippen LogP contribution in [0.5, 0.6) is 0 Å². The van der Waals surface area contributed by atoms with Crippen molar-refractivity contribution in [2.24, 2.45) is 0 Å². The molecular weight excluding hydrogens is 396 g/mol. The number of anilines is 1. The summed E-state index contributed by atoms with van der Waals surface area (Å²) in [4.78, 5) is 43.6. The summed E-state index contributed by atoms with van der Waals surface area (Å²) < 4.78 is 5.39. The maximum absolute atomic E-state index is 12.7. The van der Waals surface area contributed by atoms with Crippen molar-refractivity contribution in [3.05, 3.63) is 65.7 Å². The summed E-state index contributed by atoms with van der Waals surface area (Å²) in [5.41, 5.74) is 3.01. The second-order valence-electron chi connectivity index (χ2n) is 7.81. The predicted octanol–water partition coefficient (Wildman–Crippen LogP) is 1.90. The highest BCUT2D eigenvalue weighted by Crippen LogP contribution is 2.19. The topological polar surface area (TPSA) is 73.4 Å². The van der Waals surface area contributed by atoms with Crippen molar-refractivity contribution in [2.75, 3.05) is 44.9 Å². The number of carbonyl (C=O) groups is 3. The summed E-state index contributed by atoms with van der Waals surface area (Å²) in [7, 11) is 1.82. The van der Waals surface area contributed by atoms with Gasteiger partial charge in [0.2, 0.25) is 0 Å². The summed E-state index contributed by atoms with van der Waals surface area (Å²) in [6.45, 7) is 3.93. The molecule has 2 heterocycles. The number of imide groups is 2. The van der Waals surface area contributed by atoms with Crippen LogP contribution in [0.1, 0.15) is 11.1 Å². The van der Waals surface area contributed by atoms with E-state index in [-0.39, 0.29) is 13.2 Å². The first-order valence-corrected chi connectivity index (χ1v) is 10.3. The highest BCUT2D eigenvalue weighted by molar-refractivity contribution is 6.44. The van der Waals surface area contributed by atoms with Gasteiger partial charge in [-0.2, -0.15) is 0 Å². The molecule has 2 aromatic carbocycles. The number of ether oxygens (including phenoxy) is 1. The van der Waals surface area contributed by atoms with Gasteiger partial charge in [0.1, 0.15) is 0 Å². The molecule has 2 aliphatic heterocycles. The lowest BCUT2D eigenvalue weighted by atomic mass is 10.2. The van der Waals surface area contributed by atoms with E-state index >= 15 is 0 Å². The third-order valence-corrected chi connectivity index (χ3v) is 5.47. The van der Waals surface area contributed by atoms with Crippen LogP contribution in [0.3, 0.4) is 0 Å². The smallest absolute Gasteiger partial charge is 0.335 e. The molecule has 8 heteroatoms. The molecule has 0 atom stereocenters. The normalized spacial score (nSPS) is 17.2. The summed E-state index contributed by atoms with van der Waals surface area (Å²) >= 11 is 0. The maximum Gasteiger partial charge on any atom is 0.335 e. The molecule has 0 radical (unpaired) electrons. The van der Waals surface area contributed by atoms with Crippen molar-refractivity contribution in [1.29, 1.82) is 0 Å². The number of benzene rings is 2. The Labute approximate surface area is 181 Å². The van der Waals surface area contributed by atoms with E-state index in [1.54, 1.807) is 0 Å². The minimum absolute atomic E-state index is 0.0555. The molecule has 4 rings (SSSR count). The molecule has 8 nitrogen and oxygen atoms in total. The Morgan fingerprint density at radius 3 is 2.16 bits per heavy atom. The number of amides is 4. The fourth-order valence-corrected chi connectivity index (χ4v) is 3.82. The van der Waals surface area contributed by atoms with Gasteiger partial charge in [-0.15, -0.1) is 0 Å². The van der Waals surface area contributed by atoms with Gasteiger partial charge < -0.3 is 9.64 Å². The fraction of sp³-hybridized carbons (Fsp3) is 0.348. The molecule has 2 saturated heterocycles. The number of morpholine rings is 1. The Hall–Kier alpha value is -3.23. The number of hydrogen-bond donors (Lipinski definition) is 0. The Morgan fingerprint density at radius 2 is 1.48 bits per heavy atom. The number of hydrogen-bond acceptors (Lipinski definition) is 6. The Bertz CT molecular complexity index is 942. The number of urea groups is 1. The largest absolute Gasteiger partial charge is 0.378 e. The lowest BCUT2D eigenvalue weighted by Gasteiger charge is -2.29. The van der Waals surface area contributed by atoms with E-state index in [0.717, 1.165) is 52.9 Å². The van der Waals surface area contributed by atoms with Crippen LogP contribution in [0.25, 0.3) is 0 Å². The van der Waals surface area contributed by atoms with Crippen molar-refractivity contribution < 1.29 is 19.1 Å². The molecule has 0 spiro atoms. The zero-order valence-electron chi connectivity index (χ0n) is 17.6. The van der Waals surface area contributed by atoms with Gasteiger partial charge >= 0.3 is 17.8 Å². The van der Waals surface area contributed by atoms with Gasteiger partial charge in [0.05, 0.1) is 26.4 Å². The molecule has 0 N–H and O–H groups in total. The highest BCUT2D eigenvalue weighted by atomic mass is 16.5. The summed E-state index contributed by atoms with van der Waals surface area (Å²) in [5, 5.41) is 0. The third-order valence-electron chi connectivity index (χ3n) is 5.47. The van der Waals surface area contributed by atoms with Crippen LogP contribution in [0.4, 0.5) is 10.5 Å². The van der Waals surface area contributed by atoms with E-state index < -0.39 is 17.8 Å². The van der Waals surface area contributed by atoms with Gasteiger partial charge in [0, 0.05) is 25.3 Å². The van der Waals surface area contributed by atoms with Gasteiger partial charge in [-0.1, -0.05) is 42.5 Å². The van der Waals surface area contributed by atoms with Crippen LogP contribution in [-0.4, -0.2) is 72.6 Å². The SMILES string of the molecule is CN(Cc1ccc(N2CCOCC2)cc1)CN1C(=O)C(=O)N(Cc2ccccc2)C1=O. The summed E-state index contributed by atoms with van der Waals surface area (Å²) in [5.74, 6) is -1.56. The van der Waals surface area contributed by atoms with E-state index in [0.29, 0.717) is 6.54 Å². The van der Waals surface area contributed by atoms with Crippen LogP contribution >= 0.6 is 0 Å². The Kier molecular flexibility index (Phi) is 6.29. The van der Waals surface area contributed by atoms with E-state index in [1.807, 2.05) is 54.4 Å². The van der Waals surface area contributed by atoms with Crippen molar-refractivity contribution in [1.82, 2.24) is 14.7 Å². The second-order valence-corrected chi connectivity index (χ2v) is 7.81. The molecule has 2 aliphatic rings. The molecule has 162 valence electrons. The van der Waals surface area contributed by atoms with Gasteiger partial charge in [0.25, 0.3) is 0 Å². The number of rotatable bonds is 7. The van der Waals surface area contributed by atoms with Crippen molar-refractivity contribution in [3.8, 4) is 0 Å². The van der Waals surface area contributed by atoms with E-state index in [1.165, 1.54) is 0 Å². The van der Waals surface area contributed by atoms with Crippen molar-refractivity contribution in [2.45, 2.75) is 13.1 Å². The molecule has 0 saturated carbocycles. The first kappa shape index (κ1) is 21.0. The van der Waals surface area contributed by atoms with Gasteiger partial charge in [0.15, 0.2) is 0 Å². The first-order valence-electron chi connectivity index (χ1n) is 10.3. The predicted molar refractivity (Wildman–Crippen MR) is 115 cm³/mol. The fourth-order valence-electron chi connectivity index (χ4n) is 3.82. The lowest BCUT2D eigenvalue weighted by molar-refractivity contribution is -0.144. The third kappa shape index (κ3) is 4.76. The van der Waals surface area contributed by atoms with Crippen LogP contribution in [0.2, 0.25) is 0 Å². The molecule has 0 bridgehead atoms. The number of nitrogens with zero attached hydrogens (tertiary/aromatic N) is 4. The monoisotopic (exact) mass is 422 g/mol. The van der Waals surface area contributed by atoms with Crippen molar-refractivity contribution in [3.63, 3.8) is 0 Å². The molecule has 2 aromatic rings. The minimum atomic E-state index is -0.782. The zero-order chi connectivity index (χ0) is 21.8. The average molecular weight is 422 g/mol. The standard InChI is InChI=1S/C23H26N4O4/c1-24(15-19-7-9-20(10-8-19)25-11-13-31-14-12-25)17-27-22(29)21(28)26(23(27)30)16-18-5-3-2-4-6-18/h2-10H,11-17H2,1H3. The Morgan fingerprint density at radius 1 is 0.839 bits per heavy atom. The van der Waals surface area contributed by atoms with Crippen LogP contribution in [0, 0.1) is 0 Å². The quantitative estimate of drug-likeness (QED) is 0.501. The highest BCUT2D eigenvalue weighted by Gasteiger charge is 2.44. The first-order chi connectivity index (χ1) is 15.0. The molecule has 0 unspecified atom stereocenters. The number of carbonyl (C=O) groups excluding carboxylic acids is 3. The van der Waals surface area contributed by atoms with Gasteiger partial charge in [-0.25, -0.2) is 9.69 Å². The average Bonchev–Trinajstić information content (AvgIpc) is 2.99. The van der Waals surface area contributed by atoms with Gasteiger partial charge in [-0.05, 0) is 30.3 Å². The molecule has 2 fully saturated rings. The second kappa shape index (κ2) is 9.28. The van der Waals surface area contributed by atoms with E-state index in [2.05, 4.69) is 17.0 Å². The molecule has 0 aromatic heterocycles. The van der Waals surface area contributed by atoms with E-state index in [9.17, 15) is 14.4 Å². The van der Waals surface area contributed by atoms with Crippen LogP contribution in [-0.2, 0) is 27.4 Å². The van der Waals surface area contributed by atoms with E-state index in [4.69, 9.17) is 4.74 Å². The summed E-state index contributed by atoms with van der Waals surface area (Å²) in [6, 6.07) is 16.8. The molecular formula is C23H26N4O4. The molecule has 31 heavy (non-hydrogen) atoms. The zero-order valence-corrected chi connectivity index (χ0v) is 17.6. The van der Waals surface area contributed by atoms with Gasteiger partial charge in [-0.3, -0.25) is 19.4 Å². The summed E-state index contributed by atoms with van der Waals surface area (Å²) in [6.07, 6.45) is 0. The van der Waals surface area contributed by atoms with Crippen molar-refractivity contribution >= 4 is 23.5 Å². The van der Waals surface area contributed by atoms with Crippen LogP contribution < -0.4 is 4.90 Å². The lowest BCUT2D eigenvalue weighted by Crippen LogP contribution is -2.40. The Balaban J connectivity index is 1.35.